The highest BCUT2D eigenvalue weighted by Crippen LogP contribution is 2.33. The van der Waals surface area contributed by atoms with Crippen LogP contribution in [-0.2, 0) is 14.8 Å². The average molecular weight is 413 g/mol. The Kier molecular flexibility index (Phi) is 6.10. The van der Waals surface area contributed by atoms with Crippen LogP contribution in [0.1, 0.15) is 10.4 Å². The fourth-order valence-corrected chi connectivity index (χ4v) is 2.61. The summed E-state index contributed by atoms with van der Waals surface area (Å²) in [5.74, 6) is -2.64. The third kappa shape index (κ3) is 5.48. The van der Waals surface area contributed by atoms with Crippen molar-refractivity contribution in [2.75, 3.05) is 6.54 Å². The van der Waals surface area contributed by atoms with E-state index in [-0.39, 0.29) is 21.2 Å². The summed E-state index contributed by atoms with van der Waals surface area (Å²) in [4.78, 5) is 22.4. The fraction of sp³-hybridized carbons (Fsp3) is 0.0667. The van der Waals surface area contributed by atoms with Gasteiger partial charge in [0.15, 0.2) is 0 Å². The monoisotopic (exact) mass is 412 g/mol. The van der Waals surface area contributed by atoms with Crippen molar-refractivity contribution in [1.82, 2.24) is 5.32 Å². The molecule has 10 nitrogen and oxygen atoms in total. The number of primary sulfonamides is 1. The van der Waals surface area contributed by atoms with Gasteiger partial charge in [-0.25, -0.2) is 13.6 Å². The Hall–Kier alpha value is -3.02. The van der Waals surface area contributed by atoms with Crippen LogP contribution in [0.2, 0.25) is 5.02 Å². The number of sulfonamides is 1. The topological polar surface area (TPSA) is 172 Å². The molecule has 27 heavy (non-hydrogen) atoms. The first kappa shape index (κ1) is 20.3. The van der Waals surface area contributed by atoms with Crippen LogP contribution in [0.5, 0.6) is 5.75 Å². The molecule has 0 aliphatic heterocycles. The van der Waals surface area contributed by atoms with Crippen molar-refractivity contribution in [2.45, 2.75) is 4.90 Å². The highest BCUT2D eigenvalue weighted by molar-refractivity contribution is 7.89. The molecular weight excluding hydrogens is 400 g/mol. The Balaban J connectivity index is 2.27. The summed E-state index contributed by atoms with van der Waals surface area (Å²) in [6.07, 6.45) is 0. The molecule has 1 amide bonds. The van der Waals surface area contributed by atoms with Gasteiger partial charge in [-0.2, -0.15) is 10.2 Å². The Morgan fingerprint density at radius 2 is 1.70 bits per heavy atom. The fourth-order valence-electron chi connectivity index (χ4n) is 1.88. The van der Waals surface area contributed by atoms with Gasteiger partial charge < -0.3 is 15.5 Å². The van der Waals surface area contributed by atoms with E-state index >= 15 is 0 Å². The predicted octanol–water partition coefficient (Wildman–Crippen LogP) is 1.92. The number of amides is 1. The highest BCUT2D eigenvalue weighted by Gasteiger charge is 2.16. The molecule has 0 bridgehead atoms. The zero-order chi connectivity index (χ0) is 20.2. The molecule has 5 N–H and O–H groups in total. The molecule has 0 unspecified atom stereocenters. The number of aliphatic carboxylic acids is 1. The molecular formula is C15H13ClN4O6S. The van der Waals surface area contributed by atoms with E-state index in [2.05, 4.69) is 15.5 Å². The summed E-state index contributed by atoms with van der Waals surface area (Å²) >= 11 is 5.85. The van der Waals surface area contributed by atoms with Gasteiger partial charge in [-0.15, -0.1) is 0 Å². The lowest BCUT2D eigenvalue weighted by molar-refractivity contribution is -0.135. The van der Waals surface area contributed by atoms with Crippen molar-refractivity contribution in [3.05, 3.63) is 47.0 Å². The third-order valence-electron chi connectivity index (χ3n) is 3.14. The molecule has 0 saturated heterocycles. The number of phenols is 1. The van der Waals surface area contributed by atoms with Gasteiger partial charge in [-0.3, -0.25) is 9.59 Å². The second-order valence-corrected chi connectivity index (χ2v) is 7.11. The van der Waals surface area contributed by atoms with E-state index in [0.717, 1.165) is 0 Å². The molecule has 0 aromatic heterocycles. The van der Waals surface area contributed by atoms with Crippen LogP contribution in [0.4, 0.5) is 11.4 Å². The van der Waals surface area contributed by atoms with Crippen molar-refractivity contribution in [3.8, 4) is 5.75 Å². The number of nitrogens with two attached hydrogens (primary N) is 1. The number of phenolic OH excluding ortho intramolecular Hbond substituents is 1. The van der Waals surface area contributed by atoms with Crippen molar-refractivity contribution in [3.63, 3.8) is 0 Å². The van der Waals surface area contributed by atoms with Crippen molar-refractivity contribution >= 4 is 44.9 Å². The summed E-state index contributed by atoms with van der Waals surface area (Å²) < 4.78 is 22.4. The Morgan fingerprint density at radius 1 is 1.11 bits per heavy atom. The molecule has 0 spiro atoms. The number of halogens is 1. The number of carbonyl (C=O) groups excluding carboxylic acids is 1. The number of carbonyl (C=O) groups is 2. The van der Waals surface area contributed by atoms with Gasteiger partial charge in [-0.05, 0) is 36.4 Å². The molecule has 142 valence electrons. The van der Waals surface area contributed by atoms with Gasteiger partial charge in [-0.1, -0.05) is 11.6 Å². The molecule has 0 atom stereocenters. The lowest BCUT2D eigenvalue weighted by Crippen LogP contribution is -2.29. The van der Waals surface area contributed by atoms with E-state index in [9.17, 15) is 23.1 Å². The number of carboxylic acid groups (broad SMARTS) is 1. The van der Waals surface area contributed by atoms with Gasteiger partial charge in [0.2, 0.25) is 10.0 Å². The van der Waals surface area contributed by atoms with E-state index in [4.69, 9.17) is 21.8 Å². The normalized spacial score (nSPS) is 11.5. The SMILES string of the molecule is NS(=O)(=O)c1ccc(N=Nc2cc(Cl)c(O)c(C(=O)NCC(=O)O)c2)cc1. The molecule has 0 heterocycles. The first-order valence-electron chi connectivity index (χ1n) is 7.15. The quantitative estimate of drug-likeness (QED) is 0.527. The lowest BCUT2D eigenvalue weighted by Gasteiger charge is -2.07. The predicted molar refractivity (Wildman–Crippen MR) is 95.1 cm³/mol. The molecule has 2 aromatic rings. The zero-order valence-corrected chi connectivity index (χ0v) is 15.0. The van der Waals surface area contributed by atoms with E-state index in [1.807, 2.05) is 0 Å². The van der Waals surface area contributed by atoms with Crippen LogP contribution in [-0.4, -0.2) is 37.1 Å². The first-order chi connectivity index (χ1) is 12.6. The molecule has 0 aliphatic carbocycles. The first-order valence-corrected chi connectivity index (χ1v) is 9.07. The maximum Gasteiger partial charge on any atom is 0.322 e. The van der Waals surface area contributed by atoms with Gasteiger partial charge in [0.25, 0.3) is 5.91 Å². The van der Waals surface area contributed by atoms with Crippen LogP contribution in [0.25, 0.3) is 0 Å². The molecule has 0 fully saturated rings. The summed E-state index contributed by atoms with van der Waals surface area (Å²) in [5, 5.41) is 33.1. The highest BCUT2D eigenvalue weighted by atomic mass is 35.5. The van der Waals surface area contributed by atoms with Crippen LogP contribution >= 0.6 is 11.6 Å². The van der Waals surface area contributed by atoms with Crippen LogP contribution in [0, 0.1) is 0 Å². The molecule has 2 aromatic carbocycles. The minimum Gasteiger partial charge on any atom is -0.506 e. The second-order valence-electron chi connectivity index (χ2n) is 5.14. The lowest BCUT2D eigenvalue weighted by atomic mass is 10.1. The standard InChI is InChI=1S/C15H13ClN4O6S/c16-12-6-9(5-11(14(12)23)15(24)18-7-13(21)22)20-19-8-1-3-10(4-2-8)27(17,25)26/h1-6,23H,7H2,(H,18,24)(H,21,22)(H2,17,25,26). The number of azo groups is 1. The van der Waals surface area contributed by atoms with Gasteiger partial charge >= 0.3 is 5.97 Å². The Morgan fingerprint density at radius 3 is 2.26 bits per heavy atom. The molecule has 0 radical (unpaired) electrons. The zero-order valence-electron chi connectivity index (χ0n) is 13.5. The Bertz CT molecular complexity index is 1020. The summed E-state index contributed by atoms with van der Waals surface area (Å²) in [5.41, 5.74) is 0.125. The molecule has 12 heteroatoms. The van der Waals surface area contributed by atoms with E-state index in [1.54, 1.807) is 0 Å². The van der Waals surface area contributed by atoms with Crippen molar-refractivity contribution in [1.29, 1.82) is 0 Å². The Labute approximate surface area is 158 Å². The van der Waals surface area contributed by atoms with Gasteiger partial charge in [0, 0.05) is 0 Å². The van der Waals surface area contributed by atoms with Crippen LogP contribution in [0.15, 0.2) is 51.5 Å². The minimum atomic E-state index is -3.83. The van der Waals surface area contributed by atoms with E-state index in [0.29, 0.717) is 5.69 Å². The average Bonchev–Trinajstić information content (AvgIpc) is 2.60. The largest absolute Gasteiger partial charge is 0.506 e. The molecule has 0 saturated carbocycles. The number of hydrogen-bond acceptors (Lipinski definition) is 7. The van der Waals surface area contributed by atoms with Crippen LogP contribution < -0.4 is 10.5 Å². The summed E-state index contributed by atoms with van der Waals surface area (Å²) in [7, 11) is -3.83. The van der Waals surface area contributed by atoms with Gasteiger partial charge in [0.1, 0.15) is 12.3 Å². The third-order valence-corrected chi connectivity index (χ3v) is 4.36. The number of rotatable bonds is 6. The number of nitrogens with one attached hydrogen (secondary N) is 1. The number of aromatic hydroxyl groups is 1. The number of benzene rings is 2. The maximum atomic E-state index is 11.9. The van der Waals surface area contributed by atoms with Crippen molar-refractivity contribution < 1.29 is 28.2 Å². The number of nitrogens with zero attached hydrogens (tertiary/aromatic N) is 2. The molecule has 0 aliphatic rings. The van der Waals surface area contributed by atoms with E-state index in [1.165, 1.54) is 36.4 Å². The van der Waals surface area contributed by atoms with Gasteiger partial charge in [0.05, 0.1) is 26.9 Å². The van der Waals surface area contributed by atoms with Crippen molar-refractivity contribution in [2.24, 2.45) is 15.4 Å². The molecule has 2 rings (SSSR count). The minimum absolute atomic E-state index is 0.0912. The summed E-state index contributed by atoms with van der Waals surface area (Å²) in [6, 6.07) is 7.64. The second kappa shape index (κ2) is 8.12. The number of carboxylic acids is 1. The summed E-state index contributed by atoms with van der Waals surface area (Å²) in [6.45, 7) is -0.641. The number of hydrogen-bond donors (Lipinski definition) is 4. The smallest absolute Gasteiger partial charge is 0.322 e. The van der Waals surface area contributed by atoms with Crippen LogP contribution in [0.3, 0.4) is 0 Å². The van der Waals surface area contributed by atoms with E-state index < -0.39 is 34.2 Å². The maximum absolute atomic E-state index is 11.9.